The van der Waals surface area contributed by atoms with Gasteiger partial charge in [-0.25, -0.2) is 4.79 Å². The van der Waals surface area contributed by atoms with Crippen LogP contribution in [-0.2, 0) is 16.0 Å². The summed E-state index contributed by atoms with van der Waals surface area (Å²) in [6.07, 6.45) is -0.00564. The van der Waals surface area contributed by atoms with E-state index in [-0.39, 0.29) is 6.42 Å². The predicted molar refractivity (Wildman–Crippen MR) is 122 cm³/mol. The lowest BCUT2D eigenvalue weighted by Crippen LogP contribution is -2.24. The molecule has 0 heterocycles. The highest BCUT2D eigenvalue weighted by Gasteiger charge is 2.17. The van der Waals surface area contributed by atoms with E-state index < -0.39 is 12.1 Å². The molecule has 1 N–H and O–H groups in total. The number of hydrogen-bond acceptors (Lipinski definition) is 5. The SMILES string of the molecule is CO[C@@H](Cc1ccc(OCCCOc2ccc(Oc3ccccc3)cc2)c(Cl)c1)C(=O)O. The van der Waals surface area contributed by atoms with Gasteiger partial charge < -0.3 is 24.1 Å². The molecule has 0 aliphatic carbocycles. The molecule has 0 amide bonds. The third-order valence-electron chi connectivity index (χ3n) is 4.59. The number of ether oxygens (including phenoxy) is 4. The lowest BCUT2D eigenvalue weighted by Gasteiger charge is -2.13. The number of methoxy groups -OCH3 is 1. The maximum Gasteiger partial charge on any atom is 0.333 e. The smallest absolute Gasteiger partial charge is 0.333 e. The van der Waals surface area contributed by atoms with Crippen molar-refractivity contribution >= 4 is 17.6 Å². The van der Waals surface area contributed by atoms with Crippen molar-refractivity contribution in [2.75, 3.05) is 20.3 Å². The van der Waals surface area contributed by atoms with E-state index in [1.165, 1.54) is 7.11 Å². The Morgan fingerprint density at radius 2 is 1.56 bits per heavy atom. The average Bonchev–Trinajstić information content (AvgIpc) is 2.80. The summed E-state index contributed by atoms with van der Waals surface area (Å²) in [7, 11) is 1.37. The molecule has 0 aromatic heterocycles. The molecule has 7 heteroatoms. The van der Waals surface area contributed by atoms with Gasteiger partial charge in [-0.05, 0) is 54.1 Å². The third-order valence-corrected chi connectivity index (χ3v) is 4.89. The Bertz CT molecular complexity index is 991. The van der Waals surface area contributed by atoms with Gasteiger partial charge in [-0.3, -0.25) is 0 Å². The summed E-state index contributed by atoms with van der Waals surface area (Å²) >= 11 is 6.26. The molecule has 0 spiro atoms. The zero-order valence-corrected chi connectivity index (χ0v) is 18.5. The molecule has 0 bridgehead atoms. The van der Waals surface area contributed by atoms with Crippen molar-refractivity contribution in [3.05, 3.63) is 83.4 Å². The van der Waals surface area contributed by atoms with Gasteiger partial charge in [0.05, 0.1) is 18.2 Å². The van der Waals surface area contributed by atoms with Crippen LogP contribution in [0.15, 0.2) is 72.8 Å². The number of carboxylic acids is 1. The van der Waals surface area contributed by atoms with E-state index in [2.05, 4.69) is 0 Å². The summed E-state index contributed by atoms with van der Waals surface area (Å²) in [4.78, 5) is 11.1. The number of carboxylic acid groups (broad SMARTS) is 1. The van der Waals surface area contributed by atoms with Crippen LogP contribution in [-0.4, -0.2) is 37.5 Å². The first-order valence-corrected chi connectivity index (χ1v) is 10.6. The second kappa shape index (κ2) is 12.0. The van der Waals surface area contributed by atoms with Gasteiger partial charge in [-0.15, -0.1) is 0 Å². The first-order chi connectivity index (χ1) is 15.5. The zero-order chi connectivity index (χ0) is 22.8. The molecule has 0 aliphatic heterocycles. The molecule has 6 nitrogen and oxygen atoms in total. The van der Waals surface area contributed by atoms with Crippen molar-refractivity contribution in [2.24, 2.45) is 0 Å². The van der Waals surface area contributed by atoms with E-state index in [9.17, 15) is 4.79 Å². The highest BCUT2D eigenvalue weighted by atomic mass is 35.5. The van der Waals surface area contributed by atoms with Crippen LogP contribution >= 0.6 is 11.6 Å². The molecule has 1 atom stereocenters. The van der Waals surface area contributed by atoms with Crippen molar-refractivity contribution in [1.82, 2.24) is 0 Å². The first-order valence-electron chi connectivity index (χ1n) is 10.2. The van der Waals surface area contributed by atoms with E-state index in [1.807, 2.05) is 54.6 Å². The Balaban J connectivity index is 1.39. The van der Waals surface area contributed by atoms with Crippen LogP contribution in [0.4, 0.5) is 0 Å². The minimum atomic E-state index is -1.01. The number of carbonyl (C=O) groups is 1. The molecular weight excluding hydrogens is 432 g/mol. The molecule has 3 rings (SSSR count). The molecule has 0 unspecified atom stereocenters. The number of rotatable bonds is 12. The Labute approximate surface area is 192 Å². The summed E-state index contributed by atoms with van der Waals surface area (Å²) in [5, 5.41) is 9.51. The normalized spacial score (nSPS) is 11.6. The summed E-state index contributed by atoms with van der Waals surface area (Å²) < 4.78 is 22.2. The molecule has 3 aromatic rings. The Hall–Kier alpha value is -3.22. The molecule has 0 saturated heterocycles. The molecule has 0 aliphatic rings. The minimum Gasteiger partial charge on any atom is -0.493 e. The van der Waals surface area contributed by atoms with Crippen LogP contribution in [0.25, 0.3) is 0 Å². The zero-order valence-electron chi connectivity index (χ0n) is 17.7. The largest absolute Gasteiger partial charge is 0.493 e. The fraction of sp³-hybridized carbons (Fsp3) is 0.240. The van der Waals surface area contributed by atoms with Gasteiger partial charge in [0.25, 0.3) is 0 Å². The number of benzene rings is 3. The minimum absolute atomic E-state index is 0.231. The van der Waals surface area contributed by atoms with E-state index in [4.69, 9.17) is 35.7 Å². The summed E-state index contributed by atoms with van der Waals surface area (Å²) in [5.74, 6) is 1.80. The van der Waals surface area contributed by atoms with Gasteiger partial charge in [0, 0.05) is 20.0 Å². The Morgan fingerprint density at radius 3 is 2.22 bits per heavy atom. The lowest BCUT2D eigenvalue weighted by molar-refractivity contribution is -0.148. The van der Waals surface area contributed by atoms with Crippen LogP contribution < -0.4 is 14.2 Å². The maximum atomic E-state index is 11.1. The van der Waals surface area contributed by atoms with Crippen molar-refractivity contribution < 1.29 is 28.8 Å². The number of para-hydroxylation sites is 1. The van der Waals surface area contributed by atoms with Gasteiger partial charge in [0.2, 0.25) is 0 Å². The van der Waals surface area contributed by atoms with Gasteiger partial charge in [0.1, 0.15) is 23.0 Å². The van der Waals surface area contributed by atoms with E-state index in [0.29, 0.717) is 30.4 Å². The fourth-order valence-electron chi connectivity index (χ4n) is 2.93. The van der Waals surface area contributed by atoms with Crippen molar-refractivity contribution in [3.8, 4) is 23.0 Å². The van der Waals surface area contributed by atoms with Gasteiger partial charge >= 0.3 is 5.97 Å². The summed E-state index contributed by atoms with van der Waals surface area (Å²) in [6.45, 7) is 0.923. The molecule has 3 aromatic carbocycles. The second-order valence-corrected chi connectivity index (χ2v) is 7.38. The quantitative estimate of drug-likeness (QED) is 0.356. The van der Waals surface area contributed by atoms with Crippen LogP contribution in [0.5, 0.6) is 23.0 Å². The van der Waals surface area contributed by atoms with Crippen LogP contribution in [0, 0.1) is 0 Å². The second-order valence-electron chi connectivity index (χ2n) is 6.97. The monoisotopic (exact) mass is 456 g/mol. The lowest BCUT2D eigenvalue weighted by atomic mass is 10.1. The van der Waals surface area contributed by atoms with Crippen molar-refractivity contribution in [3.63, 3.8) is 0 Å². The molecular formula is C25H25ClO6. The highest BCUT2D eigenvalue weighted by Crippen LogP contribution is 2.27. The van der Waals surface area contributed by atoms with Gasteiger partial charge in [-0.1, -0.05) is 35.9 Å². The summed E-state index contributed by atoms with van der Waals surface area (Å²) in [6, 6.07) is 22.2. The average molecular weight is 457 g/mol. The number of hydrogen-bond donors (Lipinski definition) is 1. The molecule has 168 valence electrons. The Kier molecular flexibility index (Phi) is 8.78. The van der Waals surface area contributed by atoms with E-state index in [0.717, 1.165) is 22.8 Å². The number of halogens is 1. The molecule has 0 fully saturated rings. The highest BCUT2D eigenvalue weighted by molar-refractivity contribution is 6.32. The summed E-state index contributed by atoms with van der Waals surface area (Å²) in [5.41, 5.74) is 0.764. The maximum absolute atomic E-state index is 11.1. The topological polar surface area (TPSA) is 74.2 Å². The molecule has 0 radical (unpaired) electrons. The van der Waals surface area contributed by atoms with Gasteiger partial charge in [-0.2, -0.15) is 0 Å². The van der Waals surface area contributed by atoms with Crippen LogP contribution in [0.2, 0.25) is 5.02 Å². The van der Waals surface area contributed by atoms with Crippen molar-refractivity contribution in [1.29, 1.82) is 0 Å². The van der Waals surface area contributed by atoms with Gasteiger partial charge in [0.15, 0.2) is 6.10 Å². The standard InChI is InChI=1S/C25H25ClO6/c1-29-24(25(27)28)17-18-8-13-23(22(26)16-18)31-15-5-14-30-19-9-11-21(12-10-19)32-20-6-3-2-4-7-20/h2-4,6-13,16,24H,5,14-15,17H2,1H3,(H,27,28)/t24-/m0/s1. The third kappa shape index (κ3) is 7.18. The Morgan fingerprint density at radius 1 is 0.906 bits per heavy atom. The van der Waals surface area contributed by atoms with E-state index in [1.54, 1.807) is 18.2 Å². The van der Waals surface area contributed by atoms with Crippen molar-refractivity contribution in [2.45, 2.75) is 18.9 Å². The fourth-order valence-corrected chi connectivity index (χ4v) is 3.19. The van der Waals surface area contributed by atoms with Crippen LogP contribution in [0.3, 0.4) is 0 Å². The first kappa shape index (κ1) is 23.4. The van der Waals surface area contributed by atoms with E-state index >= 15 is 0 Å². The number of aliphatic carboxylic acids is 1. The van der Waals surface area contributed by atoms with Crippen LogP contribution in [0.1, 0.15) is 12.0 Å². The molecule has 32 heavy (non-hydrogen) atoms. The molecule has 0 saturated carbocycles. The predicted octanol–water partition coefficient (Wildman–Crippen LogP) is 5.62.